The van der Waals surface area contributed by atoms with Crippen molar-refractivity contribution < 1.29 is 4.79 Å². The number of benzene rings is 2. The molecule has 3 N–H and O–H groups in total. The predicted octanol–water partition coefficient (Wildman–Crippen LogP) is 2.62. The van der Waals surface area contributed by atoms with Crippen molar-refractivity contribution in [1.82, 2.24) is 0 Å². The summed E-state index contributed by atoms with van der Waals surface area (Å²) in [7, 11) is 0. The van der Waals surface area contributed by atoms with Crippen molar-refractivity contribution in [3.63, 3.8) is 0 Å². The Balaban J connectivity index is 1.92. The van der Waals surface area contributed by atoms with Crippen molar-refractivity contribution in [2.24, 2.45) is 5.73 Å². The molecule has 0 aliphatic carbocycles. The van der Waals surface area contributed by atoms with Crippen LogP contribution in [-0.4, -0.2) is 5.91 Å². The van der Waals surface area contributed by atoms with Crippen LogP contribution in [-0.2, 0) is 11.2 Å². The molecule has 3 rings (SSSR count). The van der Waals surface area contributed by atoms with Crippen LogP contribution in [0.5, 0.6) is 0 Å². The highest BCUT2D eigenvalue weighted by atomic mass is 16.1. The Bertz CT molecular complexity index is 607. The topological polar surface area (TPSA) is 55.1 Å². The van der Waals surface area contributed by atoms with Crippen LogP contribution in [0.3, 0.4) is 0 Å². The number of fused-ring (bicyclic) bond motifs is 1. The zero-order valence-corrected chi connectivity index (χ0v) is 10.6. The smallest absolute Gasteiger partial charge is 0.224 e. The maximum absolute atomic E-state index is 11.3. The van der Waals surface area contributed by atoms with Crippen LogP contribution in [0.1, 0.15) is 29.2 Å². The normalized spacial score (nSPS) is 15.5. The number of amides is 1. The third kappa shape index (κ3) is 2.37. The molecule has 1 amide bonds. The minimum Gasteiger partial charge on any atom is -0.326 e. The van der Waals surface area contributed by atoms with Crippen molar-refractivity contribution in [1.29, 1.82) is 0 Å². The predicted molar refractivity (Wildman–Crippen MR) is 75.9 cm³/mol. The largest absolute Gasteiger partial charge is 0.326 e. The summed E-state index contributed by atoms with van der Waals surface area (Å²) in [5.41, 5.74) is 10.6. The molecule has 0 bridgehead atoms. The fourth-order valence-electron chi connectivity index (χ4n) is 2.45. The second-order valence-electron chi connectivity index (χ2n) is 4.85. The van der Waals surface area contributed by atoms with E-state index in [0.717, 1.165) is 23.2 Å². The second kappa shape index (κ2) is 4.86. The van der Waals surface area contributed by atoms with E-state index in [2.05, 4.69) is 11.4 Å². The Hall–Kier alpha value is -2.13. The molecule has 0 aromatic heterocycles. The highest BCUT2D eigenvalue weighted by Crippen LogP contribution is 2.27. The Morgan fingerprint density at radius 3 is 2.58 bits per heavy atom. The van der Waals surface area contributed by atoms with Gasteiger partial charge in [-0.2, -0.15) is 0 Å². The number of carbonyl (C=O) groups excluding carboxylic acids is 1. The van der Waals surface area contributed by atoms with Gasteiger partial charge < -0.3 is 11.1 Å². The van der Waals surface area contributed by atoms with Gasteiger partial charge in [-0.05, 0) is 29.2 Å². The van der Waals surface area contributed by atoms with E-state index in [-0.39, 0.29) is 11.9 Å². The van der Waals surface area contributed by atoms with E-state index in [0.29, 0.717) is 6.42 Å². The zero-order valence-electron chi connectivity index (χ0n) is 10.6. The number of nitrogens with one attached hydrogen (secondary N) is 1. The summed E-state index contributed by atoms with van der Waals surface area (Å²) in [4.78, 5) is 11.3. The lowest BCUT2D eigenvalue weighted by Gasteiger charge is -2.20. The minimum atomic E-state index is -0.121. The van der Waals surface area contributed by atoms with E-state index in [1.165, 1.54) is 5.56 Å². The van der Waals surface area contributed by atoms with E-state index in [4.69, 9.17) is 5.73 Å². The lowest BCUT2D eigenvalue weighted by Crippen LogP contribution is -2.20. The lowest BCUT2D eigenvalue weighted by molar-refractivity contribution is -0.116. The summed E-state index contributed by atoms with van der Waals surface area (Å²) in [6.07, 6.45) is 1.34. The van der Waals surface area contributed by atoms with Crippen molar-refractivity contribution in [2.45, 2.75) is 18.9 Å². The summed E-state index contributed by atoms with van der Waals surface area (Å²) in [6, 6.07) is 16.0. The molecule has 2 aromatic rings. The van der Waals surface area contributed by atoms with Crippen LogP contribution in [0.4, 0.5) is 5.69 Å². The molecule has 3 heteroatoms. The lowest BCUT2D eigenvalue weighted by atomic mass is 9.94. The molecule has 0 saturated heterocycles. The number of nitrogens with two attached hydrogens (primary N) is 1. The zero-order chi connectivity index (χ0) is 13.2. The molecule has 2 aromatic carbocycles. The molecule has 1 aliphatic rings. The van der Waals surface area contributed by atoms with Crippen LogP contribution in [0.25, 0.3) is 0 Å². The number of aryl methyl sites for hydroxylation is 1. The molecule has 1 aliphatic heterocycles. The van der Waals surface area contributed by atoms with Gasteiger partial charge in [-0.15, -0.1) is 0 Å². The van der Waals surface area contributed by atoms with Gasteiger partial charge >= 0.3 is 0 Å². The fourth-order valence-corrected chi connectivity index (χ4v) is 2.45. The van der Waals surface area contributed by atoms with Crippen molar-refractivity contribution >= 4 is 11.6 Å². The van der Waals surface area contributed by atoms with Crippen LogP contribution < -0.4 is 11.1 Å². The molecule has 0 unspecified atom stereocenters. The van der Waals surface area contributed by atoms with Crippen molar-refractivity contribution in [2.75, 3.05) is 5.32 Å². The minimum absolute atomic E-state index is 0.0904. The van der Waals surface area contributed by atoms with Crippen molar-refractivity contribution in [3.05, 3.63) is 65.2 Å². The first kappa shape index (κ1) is 11.9. The van der Waals surface area contributed by atoms with Crippen LogP contribution in [0.15, 0.2) is 48.5 Å². The molecule has 1 atom stereocenters. The van der Waals surface area contributed by atoms with E-state index >= 15 is 0 Å². The molecular formula is C16H16N2O. The SMILES string of the molecule is N[C@H](c1ccccc1)c1ccc2c(c1)CCC(=O)N2. The Labute approximate surface area is 112 Å². The summed E-state index contributed by atoms with van der Waals surface area (Å²) < 4.78 is 0. The molecule has 0 radical (unpaired) electrons. The van der Waals surface area contributed by atoms with E-state index in [1.54, 1.807) is 0 Å². The average molecular weight is 252 g/mol. The van der Waals surface area contributed by atoms with E-state index < -0.39 is 0 Å². The Kier molecular flexibility index (Phi) is 3.05. The fraction of sp³-hybridized carbons (Fsp3) is 0.188. The number of rotatable bonds is 2. The van der Waals surface area contributed by atoms with Gasteiger partial charge in [0.2, 0.25) is 5.91 Å². The third-order valence-electron chi connectivity index (χ3n) is 3.54. The van der Waals surface area contributed by atoms with Gasteiger partial charge in [-0.1, -0.05) is 42.5 Å². The second-order valence-corrected chi connectivity index (χ2v) is 4.85. The van der Waals surface area contributed by atoms with Gasteiger partial charge in [0.15, 0.2) is 0 Å². The summed E-state index contributed by atoms with van der Waals surface area (Å²) in [5, 5.41) is 2.89. The van der Waals surface area contributed by atoms with Crippen LogP contribution >= 0.6 is 0 Å². The third-order valence-corrected chi connectivity index (χ3v) is 3.54. The first-order valence-electron chi connectivity index (χ1n) is 6.47. The van der Waals surface area contributed by atoms with Gasteiger partial charge in [-0.3, -0.25) is 4.79 Å². The molecule has 0 saturated carbocycles. The highest BCUT2D eigenvalue weighted by molar-refractivity contribution is 5.93. The van der Waals surface area contributed by atoms with Crippen LogP contribution in [0, 0.1) is 0 Å². The van der Waals surface area contributed by atoms with Gasteiger partial charge in [0, 0.05) is 12.1 Å². The summed E-state index contributed by atoms with van der Waals surface area (Å²) >= 11 is 0. The van der Waals surface area contributed by atoms with Gasteiger partial charge in [0.05, 0.1) is 6.04 Å². The van der Waals surface area contributed by atoms with Crippen molar-refractivity contribution in [3.8, 4) is 0 Å². The molecule has 0 spiro atoms. The van der Waals surface area contributed by atoms with E-state index in [9.17, 15) is 4.79 Å². The summed E-state index contributed by atoms with van der Waals surface area (Å²) in [5.74, 6) is 0.0904. The maximum atomic E-state index is 11.3. The van der Waals surface area contributed by atoms with Gasteiger partial charge in [0.1, 0.15) is 0 Å². The molecular weight excluding hydrogens is 236 g/mol. The molecule has 0 fully saturated rings. The van der Waals surface area contributed by atoms with Gasteiger partial charge in [-0.25, -0.2) is 0 Å². The molecule has 96 valence electrons. The van der Waals surface area contributed by atoms with Crippen LogP contribution in [0.2, 0.25) is 0 Å². The number of hydrogen-bond acceptors (Lipinski definition) is 2. The Morgan fingerprint density at radius 2 is 1.79 bits per heavy atom. The molecule has 3 nitrogen and oxygen atoms in total. The van der Waals surface area contributed by atoms with Gasteiger partial charge in [0.25, 0.3) is 0 Å². The maximum Gasteiger partial charge on any atom is 0.224 e. The molecule has 19 heavy (non-hydrogen) atoms. The molecule has 1 heterocycles. The first-order valence-corrected chi connectivity index (χ1v) is 6.47. The average Bonchev–Trinajstić information content (AvgIpc) is 2.47. The highest BCUT2D eigenvalue weighted by Gasteiger charge is 2.16. The van der Waals surface area contributed by atoms with E-state index in [1.807, 2.05) is 42.5 Å². The number of anilines is 1. The number of carbonyl (C=O) groups is 1. The monoisotopic (exact) mass is 252 g/mol. The first-order chi connectivity index (χ1) is 9.24. The quantitative estimate of drug-likeness (QED) is 0.863. The standard InChI is InChI=1S/C16H16N2O/c17-16(11-4-2-1-3-5-11)13-6-8-14-12(10-13)7-9-15(19)18-14/h1-6,8,10,16H,7,9,17H2,(H,18,19)/t16-/m1/s1. The summed E-state index contributed by atoms with van der Waals surface area (Å²) in [6.45, 7) is 0. The Morgan fingerprint density at radius 1 is 1.00 bits per heavy atom. The number of hydrogen-bond donors (Lipinski definition) is 2.